The number of thiocarbonyl (C=S) groups is 1. The quantitative estimate of drug-likeness (QED) is 0.580. The van der Waals surface area contributed by atoms with E-state index in [2.05, 4.69) is 10.6 Å². The van der Waals surface area contributed by atoms with Crippen LogP contribution in [0.2, 0.25) is 5.02 Å². The Morgan fingerprint density at radius 2 is 1.93 bits per heavy atom. The molecule has 2 aromatic carbocycles. The molecule has 2 N–H and O–H groups in total. The zero-order chi connectivity index (χ0) is 21.1. The van der Waals surface area contributed by atoms with Crippen LogP contribution in [-0.2, 0) is 0 Å². The van der Waals surface area contributed by atoms with Crippen LogP contribution in [0.25, 0.3) is 10.1 Å². The number of hydrogen-bond donors (Lipinski definition) is 2. The Hall–Kier alpha value is -2.68. The number of carbonyl (C=O) groups excluding carboxylic acids is 2. The molecule has 0 aliphatic rings. The van der Waals surface area contributed by atoms with Crippen LogP contribution in [0.4, 0.5) is 5.69 Å². The molecule has 9 heteroatoms. The third-order valence-corrected chi connectivity index (χ3v) is 5.90. The van der Waals surface area contributed by atoms with Gasteiger partial charge in [-0.3, -0.25) is 14.9 Å². The van der Waals surface area contributed by atoms with Crippen molar-refractivity contribution in [2.24, 2.45) is 0 Å². The van der Waals surface area contributed by atoms with Gasteiger partial charge in [0.15, 0.2) is 5.11 Å². The average Bonchev–Trinajstić information content (AvgIpc) is 3.03. The fourth-order valence-corrected chi connectivity index (χ4v) is 4.28. The van der Waals surface area contributed by atoms with Gasteiger partial charge in [-0.1, -0.05) is 17.7 Å². The summed E-state index contributed by atoms with van der Waals surface area (Å²) in [5.74, 6) is 0.149. The number of amides is 2. The minimum Gasteiger partial charge on any atom is -0.497 e. The molecule has 0 spiro atoms. The number of rotatable bonds is 4. The summed E-state index contributed by atoms with van der Waals surface area (Å²) in [6.45, 7) is 0. The smallest absolute Gasteiger partial charge is 0.269 e. The summed E-state index contributed by atoms with van der Waals surface area (Å²) in [5, 5.41) is 6.79. The number of carbonyl (C=O) groups is 2. The van der Waals surface area contributed by atoms with Crippen molar-refractivity contribution >= 4 is 67.9 Å². The number of methoxy groups -OCH3 is 1. The van der Waals surface area contributed by atoms with Gasteiger partial charge in [-0.05, 0) is 48.6 Å². The Kier molecular flexibility index (Phi) is 6.36. The van der Waals surface area contributed by atoms with Gasteiger partial charge >= 0.3 is 0 Å². The molecular formula is C20H18ClN3O3S2. The fraction of sp³-hybridized carbons (Fsp3) is 0.150. The number of halogens is 1. The molecule has 1 aromatic heterocycles. The van der Waals surface area contributed by atoms with Crippen LogP contribution >= 0.6 is 35.2 Å². The summed E-state index contributed by atoms with van der Waals surface area (Å²) in [6, 6.07) is 12.3. The highest BCUT2D eigenvalue weighted by molar-refractivity contribution is 7.80. The van der Waals surface area contributed by atoms with E-state index in [-0.39, 0.29) is 11.0 Å². The molecule has 150 valence electrons. The molecule has 0 saturated carbocycles. The number of fused-ring (bicyclic) bond motifs is 1. The van der Waals surface area contributed by atoms with E-state index in [0.29, 0.717) is 26.9 Å². The van der Waals surface area contributed by atoms with E-state index in [4.69, 9.17) is 28.6 Å². The van der Waals surface area contributed by atoms with E-state index in [9.17, 15) is 9.59 Å². The highest BCUT2D eigenvalue weighted by Crippen LogP contribution is 2.37. The summed E-state index contributed by atoms with van der Waals surface area (Å²) in [4.78, 5) is 26.6. The highest BCUT2D eigenvalue weighted by Gasteiger charge is 2.19. The van der Waals surface area contributed by atoms with E-state index in [1.165, 1.54) is 16.2 Å². The first kappa shape index (κ1) is 21.0. The maximum Gasteiger partial charge on any atom is 0.269 e. The van der Waals surface area contributed by atoms with Gasteiger partial charge in [-0.15, -0.1) is 11.3 Å². The SMILES string of the molecule is COc1ccc2c(Cl)c(C(=O)NC(=S)Nc3cccc(C(=O)N(C)C)c3)sc2c1. The van der Waals surface area contributed by atoms with E-state index in [1.807, 2.05) is 12.1 Å². The van der Waals surface area contributed by atoms with Crippen LogP contribution in [0, 0.1) is 0 Å². The predicted octanol–water partition coefficient (Wildman–Crippen LogP) is 4.39. The van der Waals surface area contributed by atoms with Gasteiger partial charge < -0.3 is 15.0 Å². The molecule has 0 fully saturated rings. The third kappa shape index (κ3) is 4.67. The van der Waals surface area contributed by atoms with Crippen molar-refractivity contribution < 1.29 is 14.3 Å². The van der Waals surface area contributed by atoms with Crippen LogP contribution in [0.5, 0.6) is 5.75 Å². The molecular weight excluding hydrogens is 430 g/mol. The number of ether oxygens (including phenoxy) is 1. The normalized spacial score (nSPS) is 10.5. The highest BCUT2D eigenvalue weighted by atomic mass is 35.5. The molecule has 1 heterocycles. The van der Waals surface area contributed by atoms with Crippen molar-refractivity contribution in [2.45, 2.75) is 0 Å². The number of anilines is 1. The Morgan fingerprint density at radius 1 is 1.17 bits per heavy atom. The number of thiophene rings is 1. The number of nitrogens with zero attached hydrogens (tertiary/aromatic N) is 1. The monoisotopic (exact) mass is 447 g/mol. The lowest BCUT2D eigenvalue weighted by Crippen LogP contribution is -2.33. The van der Waals surface area contributed by atoms with Gasteiger partial charge in [-0.2, -0.15) is 0 Å². The maximum atomic E-state index is 12.7. The van der Waals surface area contributed by atoms with Crippen molar-refractivity contribution in [3.05, 3.63) is 57.9 Å². The van der Waals surface area contributed by atoms with Gasteiger partial charge in [0.05, 0.1) is 12.1 Å². The molecule has 0 bridgehead atoms. The van der Waals surface area contributed by atoms with Crippen LogP contribution in [0.1, 0.15) is 20.0 Å². The van der Waals surface area contributed by atoms with E-state index in [0.717, 1.165) is 10.1 Å². The summed E-state index contributed by atoms with van der Waals surface area (Å²) in [6.07, 6.45) is 0. The van der Waals surface area contributed by atoms with E-state index in [1.54, 1.807) is 51.5 Å². The van der Waals surface area contributed by atoms with Crippen LogP contribution in [0.15, 0.2) is 42.5 Å². The molecule has 3 aromatic rings. The van der Waals surface area contributed by atoms with Gasteiger partial charge in [0.2, 0.25) is 0 Å². The molecule has 0 aliphatic heterocycles. The molecule has 2 amide bonds. The van der Waals surface area contributed by atoms with Crippen molar-refractivity contribution in [2.75, 3.05) is 26.5 Å². The lowest BCUT2D eigenvalue weighted by molar-refractivity contribution is 0.0827. The molecule has 0 aliphatic carbocycles. The van der Waals surface area contributed by atoms with E-state index < -0.39 is 5.91 Å². The van der Waals surface area contributed by atoms with Crippen LogP contribution in [-0.4, -0.2) is 43.0 Å². The van der Waals surface area contributed by atoms with Gasteiger partial charge in [0.1, 0.15) is 10.6 Å². The fourth-order valence-electron chi connectivity index (χ4n) is 2.63. The Labute approximate surface area is 182 Å². The standard InChI is InChI=1S/C20H18ClN3O3S2/c1-24(2)19(26)11-5-4-6-12(9-11)22-20(28)23-18(25)17-16(21)14-8-7-13(27-3)10-15(14)29-17/h4-10H,1-3H3,(H2,22,23,25,28). The number of nitrogens with one attached hydrogen (secondary N) is 2. The van der Waals surface area contributed by atoms with Crippen molar-refractivity contribution in [3.8, 4) is 5.75 Å². The average molecular weight is 448 g/mol. The van der Waals surface area contributed by atoms with Crippen molar-refractivity contribution in [1.82, 2.24) is 10.2 Å². The second-order valence-corrected chi connectivity index (χ2v) is 8.13. The molecule has 6 nitrogen and oxygen atoms in total. The summed E-state index contributed by atoms with van der Waals surface area (Å²) in [7, 11) is 4.93. The Bertz CT molecular complexity index is 1110. The van der Waals surface area contributed by atoms with Crippen molar-refractivity contribution in [1.29, 1.82) is 0 Å². The van der Waals surface area contributed by atoms with E-state index >= 15 is 0 Å². The molecule has 0 atom stereocenters. The van der Waals surface area contributed by atoms with Crippen molar-refractivity contribution in [3.63, 3.8) is 0 Å². The third-order valence-electron chi connectivity index (χ3n) is 4.04. The molecule has 0 radical (unpaired) electrons. The maximum absolute atomic E-state index is 12.7. The first-order valence-corrected chi connectivity index (χ1v) is 10.1. The first-order valence-electron chi connectivity index (χ1n) is 8.50. The minimum absolute atomic E-state index is 0.107. The molecule has 0 unspecified atom stereocenters. The van der Waals surface area contributed by atoms with Gasteiger partial charge in [-0.25, -0.2) is 0 Å². The largest absolute Gasteiger partial charge is 0.497 e. The number of benzene rings is 2. The first-order chi connectivity index (χ1) is 13.8. The second kappa shape index (κ2) is 8.77. The van der Waals surface area contributed by atoms with Gasteiger partial charge in [0, 0.05) is 35.4 Å². The molecule has 29 heavy (non-hydrogen) atoms. The number of hydrogen-bond acceptors (Lipinski definition) is 5. The summed E-state index contributed by atoms with van der Waals surface area (Å²) >= 11 is 12.9. The topological polar surface area (TPSA) is 70.7 Å². The van der Waals surface area contributed by atoms with Crippen LogP contribution < -0.4 is 15.4 Å². The zero-order valence-electron chi connectivity index (χ0n) is 15.9. The lowest BCUT2D eigenvalue weighted by Gasteiger charge is -2.13. The summed E-state index contributed by atoms with van der Waals surface area (Å²) < 4.78 is 6.05. The second-order valence-electron chi connectivity index (χ2n) is 6.30. The Morgan fingerprint density at radius 3 is 2.62 bits per heavy atom. The molecule has 3 rings (SSSR count). The Balaban J connectivity index is 1.74. The minimum atomic E-state index is -0.409. The molecule has 0 saturated heterocycles. The van der Waals surface area contributed by atoms with Gasteiger partial charge in [0.25, 0.3) is 11.8 Å². The summed E-state index contributed by atoms with van der Waals surface area (Å²) in [5.41, 5.74) is 1.10. The lowest BCUT2D eigenvalue weighted by atomic mass is 10.2. The zero-order valence-corrected chi connectivity index (χ0v) is 18.3. The predicted molar refractivity (Wildman–Crippen MR) is 122 cm³/mol. The van der Waals surface area contributed by atoms with Crippen LogP contribution in [0.3, 0.4) is 0 Å².